The molecule has 1 heterocycles. The Kier molecular flexibility index (Phi) is 6.20. The van der Waals surface area contributed by atoms with Crippen LogP contribution in [0.25, 0.3) is 0 Å². The van der Waals surface area contributed by atoms with E-state index < -0.39 is 6.10 Å². The van der Waals surface area contributed by atoms with E-state index in [4.69, 9.17) is 0 Å². The number of aliphatic hydroxyl groups excluding tert-OH is 1. The molecule has 1 N–H and O–H groups in total. The fourth-order valence-corrected chi connectivity index (χ4v) is 2.87. The number of nitrogens with zero attached hydrogens (tertiary/aromatic N) is 2. The van der Waals surface area contributed by atoms with Crippen molar-refractivity contribution in [3.63, 3.8) is 0 Å². The maximum atomic E-state index is 10.5. The number of hydrogen-bond donors (Lipinski definition) is 1. The van der Waals surface area contributed by atoms with Gasteiger partial charge in [-0.05, 0) is 41.6 Å². The largest absolute Gasteiger partial charge is 0.386 e. The van der Waals surface area contributed by atoms with Crippen LogP contribution in [0.1, 0.15) is 58.3 Å². The predicted octanol–water partition coefficient (Wildman–Crippen LogP) is 3.92. The summed E-state index contributed by atoms with van der Waals surface area (Å²) in [4.78, 5) is 0. The minimum Gasteiger partial charge on any atom is -0.386 e. The molecular formula is C13H23BrN2O. The maximum Gasteiger partial charge on any atom is 0.0996 e. The van der Waals surface area contributed by atoms with Gasteiger partial charge in [-0.15, -0.1) is 0 Å². The summed E-state index contributed by atoms with van der Waals surface area (Å²) in [5.74, 6) is 0.336. The lowest BCUT2D eigenvalue weighted by Crippen LogP contribution is -2.17. The highest BCUT2D eigenvalue weighted by molar-refractivity contribution is 9.10. The molecule has 1 aromatic heterocycles. The molecule has 0 aliphatic heterocycles. The van der Waals surface area contributed by atoms with Crippen LogP contribution in [-0.4, -0.2) is 14.9 Å². The fourth-order valence-electron chi connectivity index (χ4n) is 2.34. The van der Waals surface area contributed by atoms with Crippen LogP contribution in [0, 0.1) is 5.92 Å². The van der Waals surface area contributed by atoms with E-state index in [1.165, 1.54) is 0 Å². The second-order valence-corrected chi connectivity index (χ2v) is 5.33. The van der Waals surface area contributed by atoms with Gasteiger partial charge in [0, 0.05) is 6.54 Å². The fraction of sp³-hybridized carbons (Fsp3) is 0.769. The second-order valence-electron chi connectivity index (χ2n) is 4.48. The number of hydrogen-bond acceptors (Lipinski definition) is 2. The van der Waals surface area contributed by atoms with Crippen molar-refractivity contribution in [2.45, 2.75) is 59.1 Å². The van der Waals surface area contributed by atoms with Crippen molar-refractivity contribution in [3.8, 4) is 0 Å². The topological polar surface area (TPSA) is 38.1 Å². The van der Waals surface area contributed by atoms with Gasteiger partial charge in [-0.2, -0.15) is 5.10 Å². The van der Waals surface area contributed by atoms with Gasteiger partial charge in [-0.25, -0.2) is 0 Å². The summed E-state index contributed by atoms with van der Waals surface area (Å²) in [6, 6.07) is 0. The Morgan fingerprint density at radius 2 is 1.88 bits per heavy atom. The zero-order chi connectivity index (χ0) is 12.8. The van der Waals surface area contributed by atoms with Crippen LogP contribution in [0.3, 0.4) is 0 Å². The molecule has 1 unspecified atom stereocenters. The van der Waals surface area contributed by atoms with Gasteiger partial charge >= 0.3 is 0 Å². The molecule has 0 bridgehead atoms. The number of aromatic nitrogens is 2. The van der Waals surface area contributed by atoms with Crippen LogP contribution >= 0.6 is 15.9 Å². The molecule has 1 atom stereocenters. The van der Waals surface area contributed by atoms with Crippen LogP contribution < -0.4 is 0 Å². The van der Waals surface area contributed by atoms with E-state index in [1.807, 2.05) is 11.6 Å². The van der Waals surface area contributed by atoms with Gasteiger partial charge in [-0.3, -0.25) is 4.68 Å². The second kappa shape index (κ2) is 7.17. The lowest BCUT2D eigenvalue weighted by molar-refractivity contribution is 0.0872. The molecule has 0 aromatic carbocycles. The summed E-state index contributed by atoms with van der Waals surface area (Å²) < 4.78 is 2.80. The predicted molar refractivity (Wildman–Crippen MR) is 73.9 cm³/mol. The van der Waals surface area contributed by atoms with Crippen molar-refractivity contribution < 1.29 is 5.11 Å². The van der Waals surface area contributed by atoms with Gasteiger partial charge in [0.15, 0.2) is 0 Å². The van der Waals surface area contributed by atoms with Gasteiger partial charge in [0.25, 0.3) is 0 Å². The standard InChI is InChI=1S/C13H23BrN2O/c1-4-7-10(8-5-2)13(17)12-11(14)9-15-16(12)6-3/h9-10,13,17H,4-8H2,1-3H3. The molecule has 0 fully saturated rings. The van der Waals surface area contributed by atoms with E-state index in [-0.39, 0.29) is 0 Å². The Hall–Kier alpha value is -0.350. The Morgan fingerprint density at radius 3 is 2.35 bits per heavy atom. The van der Waals surface area contributed by atoms with Crippen LogP contribution in [-0.2, 0) is 6.54 Å². The quantitative estimate of drug-likeness (QED) is 0.829. The maximum absolute atomic E-state index is 10.5. The van der Waals surface area contributed by atoms with Crippen molar-refractivity contribution in [2.24, 2.45) is 5.92 Å². The molecule has 1 aromatic rings. The lowest BCUT2D eigenvalue weighted by atomic mass is 9.90. The lowest BCUT2D eigenvalue weighted by Gasteiger charge is -2.23. The van der Waals surface area contributed by atoms with Crippen molar-refractivity contribution in [3.05, 3.63) is 16.4 Å². The van der Waals surface area contributed by atoms with Gasteiger partial charge < -0.3 is 5.11 Å². The third-order valence-electron chi connectivity index (χ3n) is 3.18. The number of aryl methyl sites for hydroxylation is 1. The van der Waals surface area contributed by atoms with Gasteiger partial charge in [0.1, 0.15) is 0 Å². The molecule has 0 saturated heterocycles. The molecule has 17 heavy (non-hydrogen) atoms. The van der Waals surface area contributed by atoms with Crippen molar-refractivity contribution in [1.29, 1.82) is 0 Å². The van der Waals surface area contributed by atoms with E-state index in [9.17, 15) is 5.11 Å². The average molecular weight is 303 g/mol. The van der Waals surface area contributed by atoms with Gasteiger partial charge in [0.2, 0.25) is 0 Å². The summed E-state index contributed by atoms with van der Waals surface area (Å²) in [7, 11) is 0. The third-order valence-corrected chi connectivity index (χ3v) is 3.79. The molecule has 98 valence electrons. The van der Waals surface area contributed by atoms with E-state index in [0.717, 1.165) is 42.4 Å². The molecule has 0 saturated carbocycles. The van der Waals surface area contributed by atoms with Gasteiger partial charge in [0.05, 0.1) is 22.5 Å². The van der Waals surface area contributed by atoms with E-state index >= 15 is 0 Å². The summed E-state index contributed by atoms with van der Waals surface area (Å²) >= 11 is 3.49. The van der Waals surface area contributed by atoms with Gasteiger partial charge in [-0.1, -0.05) is 26.7 Å². The van der Waals surface area contributed by atoms with Crippen LogP contribution in [0.2, 0.25) is 0 Å². The Bertz CT molecular complexity index is 332. The van der Waals surface area contributed by atoms with Crippen molar-refractivity contribution in [2.75, 3.05) is 0 Å². The molecule has 1 rings (SSSR count). The molecule has 0 radical (unpaired) electrons. The molecule has 0 amide bonds. The normalized spacial score (nSPS) is 13.3. The highest BCUT2D eigenvalue weighted by Crippen LogP contribution is 2.33. The van der Waals surface area contributed by atoms with Crippen LogP contribution in [0.15, 0.2) is 10.7 Å². The van der Waals surface area contributed by atoms with Crippen LogP contribution in [0.4, 0.5) is 0 Å². The zero-order valence-corrected chi connectivity index (χ0v) is 12.6. The molecular weight excluding hydrogens is 280 g/mol. The molecule has 0 aliphatic rings. The SMILES string of the molecule is CCCC(CCC)C(O)c1c(Br)cnn1CC. The van der Waals surface area contributed by atoms with Crippen LogP contribution in [0.5, 0.6) is 0 Å². The van der Waals surface area contributed by atoms with E-state index in [1.54, 1.807) is 6.20 Å². The van der Waals surface area contributed by atoms with E-state index in [2.05, 4.69) is 34.9 Å². The Labute approximate surface area is 112 Å². The average Bonchev–Trinajstić information content (AvgIpc) is 2.69. The smallest absolute Gasteiger partial charge is 0.0996 e. The van der Waals surface area contributed by atoms with Crippen molar-refractivity contribution in [1.82, 2.24) is 9.78 Å². The molecule has 0 spiro atoms. The summed E-state index contributed by atoms with van der Waals surface area (Å²) in [5, 5.41) is 14.8. The zero-order valence-electron chi connectivity index (χ0n) is 11.0. The number of aliphatic hydroxyl groups is 1. The monoisotopic (exact) mass is 302 g/mol. The first kappa shape index (κ1) is 14.7. The molecule has 3 nitrogen and oxygen atoms in total. The molecule has 0 aliphatic carbocycles. The summed E-state index contributed by atoms with van der Waals surface area (Å²) in [6.45, 7) is 7.18. The Morgan fingerprint density at radius 1 is 1.29 bits per heavy atom. The highest BCUT2D eigenvalue weighted by Gasteiger charge is 2.24. The minimum atomic E-state index is -0.410. The highest BCUT2D eigenvalue weighted by atomic mass is 79.9. The van der Waals surface area contributed by atoms with E-state index in [0.29, 0.717) is 5.92 Å². The minimum absolute atomic E-state index is 0.336. The summed E-state index contributed by atoms with van der Waals surface area (Å²) in [5.41, 5.74) is 0.930. The first-order valence-electron chi connectivity index (χ1n) is 6.54. The summed E-state index contributed by atoms with van der Waals surface area (Å²) in [6.07, 6.45) is 5.72. The Balaban J connectivity index is 2.90. The third kappa shape index (κ3) is 3.55. The first-order chi connectivity index (χ1) is 8.15. The number of rotatable bonds is 7. The molecule has 4 heteroatoms. The van der Waals surface area contributed by atoms with Crippen molar-refractivity contribution >= 4 is 15.9 Å². The first-order valence-corrected chi connectivity index (χ1v) is 7.34. The number of halogens is 1.